The summed E-state index contributed by atoms with van der Waals surface area (Å²) in [7, 11) is 0. The molecule has 2 aromatic carbocycles. The van der Waals surface area contributed by atoms with Gasteiger partial charge in [0.1, 0.15) is 0 Å². The topological polar surface area (TPSA) is 9.23 Å². The van der Waals surface area contributed by atoms with E-state index in [9.17, 15) is 0 Å². The Morgan fingerprint density at radius 3 is 2.33 bits per heavy atom. The van der Waals surface area contributed by atoms with Gasteiger partial charge in [-0.3, -0.25) is 0 Å². The van der Waals surface area contributed by atoms with Crippen LogP contribution < -0.4 is 0 Å². The van der Waals surface area contributed by atoms with Crippen LogP contribution in [0.2, 0.25) is 0 Å². The highest BCUT2D eigenvalue weighted by Gasteiger charge is 2.13. The fourth-order valence-electron chi connectivity index (χ4n) is 1.72. The van der Waals surface area contributed by atoms with Crippen molar-refractivity contribution in [3.63, 3.8) is 0 Å². The molecule has 0 aliphatic carbocycles. The largest absolute Gasteiger partial charge is 0.368 e. The maximum atomic E-state index is 6.01. The summed E-state index contributed by atoms with van der Waals surface area (Å²) >= 11 is 5.95. The Morgan fingerprint density at radius 2 is 1.67 bits per heavy atom. The van der Waals surface area contributed by atoms with Crippen molar-refractivity contribution < 1.29 is 4.74 Å². The molecule has 0 heterocycles. The van der Waals surface area contributed by atoms with Crippen LogP contribution in [0.4, 0.5) is 0 Å². The normalized spacial score (nSPS) is 12.3. The van der Waals surface area contributed by atoms with Gasteiger partial charge in [0.2, 0.25) is 0 Å². The summed E-state index contributed by atoms with van der Waals surface area (Å²) in [6.45, 7) is 0.649. The van der Waals surface area contributed by atoms with Crippen LogP contribution in [0.5, 0.6) is 0 Å². The second-order valence-electron chi connectivity index (χ2n) is 3.96. The zero-order chi connectivity index (χ0) is 12.8. The van der Waals surface area contributed by atoms with Gasteiger partial charge in [-0.2, -0.15) is 0 Å². The maximum Gasteiger partial charge on any atom is 0.0929 e. The highest BCUT2D eigenvalue weighted by atomic mass is 127. The molecule has 2 rings (SSSR count). The molecule has 0 radical (unpaired) electrons. The predicted molar refractivity (Wildman–Crippen MR) is 87.0 cm³/mol. The Hall–Kier alpha value is -0.390. The number of hydrogen-bond donors (Lipinski definition) is 0. The summed E-state index contributed by atoms with van der Waals surface area (Å²) in [5.41, 5.74) is 2.42. The molecular formula is C15H14BrIO. The average molecular weight is 417 g/mol. The summed E-state index contributed by atoms with van der Waals surface area (Å²) in [5.74, 6) is 0. The second kappa shape index (κ2) is 7.26. The molecule has 94 valence electrons. The summed E-state index contributed by atoms with van der Waals surface area (Å²) in [6.07, 6.45) is 0.126. The lowest BCUT2D eigenvalue weighted by atomic mass is 10.1. The van der Waals surface area contributed by atoms with Crippen molar-refractivity contribution in [1.82, 2.24) is 0 Å². The molecule has 0 saturated heterocycles. The molecular weight excluding hydrogens is 403 g/mol. The van der Waals surface area contributed by atoms with Crippen molar-refractivity contribution in [2.75, 3.05) is 4.43 Å². The number of ether oxygens (including phenoxy) is 1. The summed E-state index contributed by atoms with van der Waals surface area (Å²) < 4.78 is 8.06. The molecule has 1 atom stereocenters. The fraction of sp³-hybridized carbons (Fsp3) is 0.200. The van der Waals surface area contributed by atoms with E-state index in [1.165, 1.54) is 11.1 Å². The first kappa shape index (κ1) is 14.0. The molecule has 1 unspecified atom stereocenters. The predicted octanol–water partition coefficient (Wildman–Crippen LogP) is 5.14. The Balaban J connectivity index is 2.04. The Bertz CT molecular complexity index is 487. The zero-order valence-corrected chi connectivity index (χ0v) is 13.6. The Labute approximate surface area is 130 Å². The van der Waals surface area contributed by atoms with Crippen molar-refractivity contribution in [2.24, 2.45) is 0 Å². The molecule has 2 aromatic rings. The van der Waals surface area contributed by atoms with Crippen molar-refractivity contribution >= 4 is 38.5 Å². The third-order valence-corrected chi connectivity index (χ3v) is 4.21. The lowest BCUT2D eigenvalue weighted by molar-refractivity contribution is 0.0573. The highest BCUT2D eigenvalue weighted by Crippen LogP contribution is 2.28. The monoisotopic (exact) mass is 416 g/mol. The third-order valence-electron chi connectivity index (χ3n) is 2.69. The minimum Gasteiger partial charge on any atom is -0.368 e. The maximum absolute atomic E-state index is 6.01. The smallest absolute Gasteiger partial charge is 0.0929 e. The first-order valence-corrected chi connectivity index (χ1v) is 8.09. The van der Waals surface area contributed by atoms with Crippen molar-refractivity contribution in [2.45, 2.75) is 12.7 Å². The van der Waals surface area contributed by atoms with Gasteiger partial charge in [0, 0.05) is 8.90 Å². The first-order chi connectivity index (χ1) is 8.81. The van der Waals surface area contributed by atoms with Crippen LogP contribution in [0.15, 0.2) is 59.1 Å². The van der Waals surface area contributed by atoms with E-state index in [1.807, 2.05) is 30.3 Å². The minimum atomic E-state index is 0.126. The van der Waals surface area contributed by atoms with E-state index >= 15 is 0 Å². The minimum absolute atomic E-state index is 0.126. The molecule has 0 spiro atoms. The molecule has 0 saturated carbocycles. The van der Waals surface area contributed by atoms with Crippen molar-refractivity contribution in [3.8, 4) is 0 Å². The number of alkyl halides is 1. The van der Waals surface area contributed by atoms with Gasteiger partial charge in [0.15, 0.2) is 0 Å². The molecule has 0 amide bonds. The van der Waals surface area contributed by atoms with Crippen LogP contribution in [0, 0.1) is 0 Å². The van der Waals surface area contributed by atoms with Crippen LogP contribution in [-0.2, 0) is 11.3 Å². The van der Waals surface area contributed by atoms with Gasteiger partial charge in [-0.1, -0.05) is 87.1 Å². The van der Waals surface area contributed by atoms with Gasteiger partial charge in [-0.05, 0) is 17.2 Å². The average Bonchev–Trinajstić information content (AvgIpc) is 2.42. The van der Waals surface area contributed by atoms with E-state index in [4.69, 9.17) is 4.74 Å². The molecule has 18 heavy (non-hydrogen) atoms. The standard InChI is InChI=1S/C15H14BrIO/c16-14-9-5-4-8-13(14)15(10-17)18-11-12-6-2-1-3-7-12/h1-9,15H,10-11H2. The van der Waals surface area contributed by atoms with Crippen LogP contribution in [0.1, 0.15) is 17.2 Å². The van der Waals surface area contributed by atoms with Gasteiger partial charge >= 0.3 is 0 Å². The van der Waals surface area contributed by atoms with Crippen LogP contribution >= 0.6 is 38.5 Å². The SMILES string of the molecule is Brc1ccccc1C(CI)OCc1ccccc1. The summed E-state index contributed by atoms with van der Waals surface area (Å²) in [5, 5.41) is 0. The number of hydrogen-bond acceptors (Lipinski definition) is 1. The van der Waals surface area contributed by atoms with Gasteiger partial charge in [0.25, 0.3) is 0 Å². The molecule has 0 aromatic heterocycles. The number of benzene rings is 2. The lowest BCUT2D eigenvalue weighted by Crippen LogP contribution is -2.06. The van der Waals surface area contributed by atoms with Crippen molar-refractivity contribution in [1.29, 1.82) is 0 Å². The van der Waals surface area contributed by atoms with Crippen LogP contribution in [-0.4, -0.2) is 4.43 Å². The van der Waals surface area contributed by atoms with Gasteiger partial charge in [-0.25, -0.2) is 0 Å². The Kier molecular flexibility index (Phi) is 5.66. The second-order valence-corrected chi connectivity index (χ2v) is 5.70. The number of rotatable bonds is 5. The first-order valence-electron chi connectivity index (χ1n) is 5.77. The highest BCUT2D eigenvalue weighted by molar-refractivity contribution is 14.1. The molecule has 0 aliphatic heterocycles. The lowest BCUT2D eigenvalue weighted by Gasteiger charge is -2.17. The quantitative estimate of drug-likeness (QED) is 0.484. The van der Waals surface area contributed by atoms with Crippen LogP contribution in [0.25, 0.3) is 0 Å². The van der Waals surface area contributed by atoms with Gasteiger partial charge in [0.05, 0.1) is 12.7 Å². The molecule has 0 N–H and O–H groups in total. The van der Waals surface area contributed by atoms with E-state index in [2.05, 4.69) is 62.8 Å². The third kappa shape index (κ3) is 3.80. The van der Waals surface area contributed by atoms with E-state index in [-0.39, 0.29) is 6.10 Å². The fourth-order valence-corrected chi connectivity index (χ4v) is 2.99. The van der Waals surface area contributed by atoms with Crippen molar-refractivity contribution in [3.05, 3.63) is 70.2 Å². The van der Waals surface area contributed by atoms with Crippen LogP contribution in [0.3, 0.4) is 0 Å². The molecule has 0 bridgehead atoms. The van der Waals surface area contributed by atoms with Gasteiger partial charge in [-0.15, -0.1) is 0 Å². The summed E-state index contributed by atoms with van der Waals surface area (Å²) in [4.78, 5) is 0. The van der Waals surface area contributed by atoms with Gasteiger partial charge < -0.3 is 4.74 Å². The summed E-state index contributed by atoms with van der Waals surface area (Å²) in [6, 6.07) is 18.5. The Morgan fingerprint density at radius 1 is 1.00 bits per heavy atom. The molecule has 0 aliphatic rings. The molecule has 1 nitrogen and oxygen atoms in total. The molecule has 3 heteroatoms. The number of halogens is 2. The zero-order valence-electron chi connectivity index (χ0n) is 9.85. The molecule has 0 fully saturated rings. The van der Waals surface area contributed by atoms with E-state index in [0.717, 1.165) is 8.90 Å². The van der Waals surface area contributed by atoms with E-state index in [0.29, 0.717) is 6.61 Å². The van der Waals surface area contributed by atoms with E-state index < -0.39 is 0 Å². The van der Waals surface area contributed by atoms with E-state index in [1.54, 1.807) is 0 Å².